The van der Waals surface area contributed by atoms with E-state index in [-0.39, 0.29) is 11.3 Å². The van der Waals surface area contributed by atoms with Crippen molar-refractivity contribution in [3.05, 3.63) is 166 Å². The fourth-order valence-corrected chi connectivity index (χ4v) is 5.66. The van der Waals surface area contributed by atoms with Crippen molar-refractivity contribution in [2.45, 2.75) is 5.41 Å². The van der Waals surface area contributed by atoms with Gasteiger partial charge < -0.3 is 5.11 Å². The minimum atomic E-state index is -1.20. The molecule has 0 unspecified atom stereocenters. The molecule has 0 atom stereocenters. The second-order valence-corrected chi connectivity index (χ2v) is 9.72. The Morgan fingerprint density at radius 3 is 2.10 bits per heavy atom. The molecule has 0 bridgehead atoms. The van der Waals surface area contributed by atoms with Gasteiger partial charge in [0.15, 0.2) is 0 Å². The monoisotopic (exact) mass is 552 g/mol. The number of rotatable bonds is 8. The highest BCUT2D eigenvalue weighted by Gasteiger charge is 2.43. The van der Waals surface area contributed by atoms with Crippen molar-refractivity contribution in [3.63, 3.8) is 0 Å². The highest BCUT2D eigenvalue weighted by atomic mass is 16.6. The van der Waals surface area contributed by atoms with E-state index in [0.717, 1.165) is 33.9 Å². The average molecular weight is 553 g/mol. The van der Waals surface area contributed by atoms with E-state index < -0.39 is 16.3 Å². The fraction of sp³-hybridized carbons (Fsp3) is 0.0294. The van der Waals surface area contributed by atoms with Gasteiger partial charge in [-0.25, -0.2) is 4.79 Å². The van der Waals surface area contributed by atoms with Crippen molar-refractivity contribution in [2.75, 3.05) is 0 Å². The van der Waals surface area contributed by atoms with E-state index in [1.165, 1.54) is 12.1 Å². The van der Waals surface area contributed by atoms with Crippen LogP contribution in [-0.4, -0.2) is 31.2 Å². The number of nitro groups is 1. The summed E-state index contributed by atoms with van der Waals surface area (Å²) in [5.74, 6) is -1.20. The number of aromatic amines is 1. The number of nitrogens with one attached hydrogen (secondary N) is 1. The minimum absolute atomic E-state index is 0.162. The molecule has 2 aromatic heterocycles. The Hall–Kier alpha value is -5.89. The number of aliphatic carboxylic acids is 1. The normalized spacial score (nSPS) is 11.6. The molecule has 0 saturated heterocycles. The lowest BCUT2D eigenvalue weighted by atomic mass is 9.65. The van der Waals surface area contributed by atoms with Gasteiger partial charge in [0.25, 0.3) is 5.69 Å². The number of pyridine rings is 1. The number of nitro benzene ring substituents is 1. The molecule has 0 amide bonds. The molecule has 2 heterocycles. The van der Waals surface area contributed by atoms with Gasteiger partial charge in [-0.1, -0.05) is 84.9 Å². The predicted octanol–water partition coefficient (Wildman–Crippen LogP) is 7.01. The third-order valence-corrected chi connectivity index (χ3v) is 7.40. The Labute approximate surface area is 240 Å². The number of aromatic nitrogens is 3. The van der Waals surface area contributed by atoms with Gasteiger partial charge in [-0.05, 0) is 52.1 Å². The summed E-state index contributed by atoms with van der Waals surface area (Å²) >= 11 is 0. The summed E-state index contributed by atoms with van der Waals surface area (Å²) in [7, 11) is 0. The molecule has 8 heteroatoms. The summed E-state index contributed by atoms with van der Waals surface area (Å²) in [4.78, 5) is 27.0. The molecule has 0 aliphatic heterocycles. The lowest BCUT2D eigenvalue weighted by Gasteiger charge is -2.36. The summed E-state index contributed by atoms with van der Waals surface area (Å²) in [5, 5.41) is 29.8. The van der Waals surface area contributed by atoms with Gasteiger partial charge in [0, 0.05) is 29.9 Å². The van der Waals surface area contributed by atoms with Crippen LogP contribution in [0.15, 0.2) is 128 Å². The van der Waals surface area contributed by atoms with Crippen molar-refractivity contribution >= 4 is 28.6 Å². The molecular weight excluding hydrogens is 528 g/mol. The number of nitrogens with zero attached hydrogens (tertiary/aromatic N) is 3. The molecule has 42 heavy (non-hydrogen) atoms. The highest BCUT2D eigenvalue weighted by Crippen LogP contribution is 2.49. The molecule has 4 aromatic carbocycles. The summed E-state index contributed by atoms with van der Waals surface area (Å²) < 4.78 is 0. The van der Waals surface area contributed by atoms with E-state index in [9.17, 15) is 20.0 Å². The highest BCUT2D eigenvalue weighted by molar-refractivity contribution is 5.93. The molecule has 0 saturated carbocycles. The molecule has 2 N–H and O–H groups in total. The summed E-state index contributed by atoms with van der Waals surface area (Å²) in [6, 6.07) is 35.1. The van der Waals surface area contributed by atoms with Crippen LogP contribution in [0.3, 0.4) is 0 Å². The smallest absolute Gasteiger partial charge is 0.328 e. The van der Waals surface area contributed by atoms with Crippen LogP contribution in [0.4, 0.5) is 5.69 Å². The van der Waals surface area contributed by atoms with Gasteiger partial charge >= 0.3 is 5.97 Å². The Bertz CT molecular complexity index is 1900. The second kappa shape index (κ2) is 10.9. The van der Waals surface area contributed by atoms with Crippen LogP contribution in [0, 0.1) is 10.1 Å². The number of hydrogen-bond acceptors (Lipinski definition) is 5. The standard InChI is InChI=1S/C34H24N4O4/c39-32(40)16-15-24-21-28-30(22-31(24)38(41)42)36-37-33(28)34(25-9-3-1-4-10-25,26-11-5-2-6-12-26)29-14-8-7-13-27(29)23-17-19-35-20-18-23/h1-22H,(H,36,37)(H,39,40)/b16-15+. The number of benzene rings is 4. The number of carbonyl (C=O) groups is 1. The third-order valence-electron chi connectivity index (χ3n) is 7.40. The van der Waals surface area contributed by atoms with Crippen molar-refractivity contribution in [1.29, 1.82) is 0 Å². The molecule has 8 nitrogen and oxygen atoms in total. The first-order chi connectivity index (χ1) is 20.5. The molecule has 6 aromatic rings. The Balaban J connectivity index is 1.78. The van der Waals surface area contributed by atoms with Crippen LogP contribution in [0.1, 0.15) is 27.9 Å². The van der Waals surface area contributed by atoms with Crippen LogP contribution in [0.25, 0.3) is 28.1 Å². The Morgan fingerprint density at radius 1 is 0.857 bits per heavy atom. The van der Waals surface area contributed by atoms with Crippen LogP contribution >= 0.6 is 0 Å². The van der Waals surface area contributed by atoms with Crippen LogP contribution in [-0.2, 0) is 10.2 Å². The molecule has 0 radical (unpaired) electrons. The first kappa shape index (κ1) is 26.3. The maximum Gasteiger partial charge on any atom is 0.328 e. The molecular formula is C34H24N4O4. The molecule has 204 valence electrons. The van der Waals surface area contributed by atoms with Gasteiger partial charge in [0.05, 0.1) is 27.1 Å². The van der Waals surface area contributed by atoms with Crippen LogP contribution in [0.5, 0.6) is 0 Å². The lowest BCUT2D eigenvalue weighted by molar-refractivity contribution is -0.384. The largest absolute Gasteiger partial charge is 0.478 e. The zero-order chi connectivity index (χ0) is 29.1. The summed E-state index contributed by atoms with van der Waals surface area (Å²) in [6.45, 7) is 0. The number of hydrogen-bond donors (Lipinski definition) is 2. The average Bonchev–Trinajstić information content (AvgIpc) is 3.45. The van der Waals surface area contributed by atoms with Gasteiger partial charge in [0.2, 0.25) is 0 Å². The lowest BCUT2D eigenvalue weighted by Crippen LogP contribution is -2.32. The number of carboxylic acids is 1. The van der Waals surface area contributed by atoms with E-state index in [1.54, 1.807) is 18.5 Å². The third kappa shape index (κ3) is 4.50. The predicted molar refractivity (Wildman–Crippen MR) is 161 cm³/mol. The first-order valence-electron chi connectivity index (χ1n) is 13.2. The molecule has 0 aliphatic carbocycles. The Morgan fingerprint density at radius 2 is 1.48 bits per heavy atom. The van der Waals surface area contributed by atoms with E-state index in [0.29, 0.717) is 16.6 Å². The van der Waals surface area contributed by atoms with Crippen molar-refractivity contribution in [1.82, 2.24) is 15.2 Å². The summed E-state index contributed by atoms with van der Waals surface area (Å²) in [6.07, 6.45) is 5.65. The van der Waals surface area contributed by atoms with E-state index in [2.05, 4.69) is 22.2 Å². The molecule has 0 fully saturated rings. The number of fused-ring (bicyclic) bond motifs is 1. The second-order valence-electron chi connectivity index (χ2n) is 9.72. The minimum Gasteiger partial charge on any atom is -0.478 e. The zero-order valence-electron chi connectivity index (χ0n) is 22.2. The number of H-pyrrole nitrogens is 1. The van der Waals surface area contributed by atoms with E-state index >= 15 is 0 Å². The maximum absolute atomic E-state index is 12.0. The maximum atomic E-state index is 12.0. The quantitative estimate of drug-likeness (QED) is 0.0906. The first-order valence-corrected chi connectivity index (χ1v) is 13.2. The van der Waals surface area contributed by atoms with Crippen molar-refractivity contribution < 1.29 is 14.8 Å². The van der Waals surface area contributed by atoms with Gasteiger partial charge in [0.1, 0.15) is 0 Å². The molecule has 0 aliphatic rings. The number of carboxylic acid groups (broad SMARTS) is 1. The Kier molecular flexibility index (Phi) is 6.86. The summed E-state index contributed by atoms with van der Waals surface area (Å²) in [5.41, 5.74) is 4.80. The molecule has 6 rings (SSSR count). The van der Waals surface area contributed by atoms with Crippen LogP contribution < -0.4 is 0 Å². The van der Waals surface area contributed by atoms with Gasteiger partial charge in [-0.2, -0.15) is 5.10 Å². The SMILES string of the molecule is O=C(O)/C=C/c1cc2c(C(c3ccccc3)(c3ccccc3)c3ccccc3-c3ccncc3)n[nH]c2cc1[N+](=O)[O-]. The fourth-order valence-electron chi connectivity index (χ4n) is 5.66. The zero-order valence-corrected chi connectivity index (χ0v) is 22.2. The van der Waals surface area contributed by atoms with Crippen molar-refractivity contribution in [2.24, 2.45) is 0 Å². The van der Waals surface area contributed by atoms with Gasteiger partial charge in [-0.3, -0.25) is 20.2 Å². The topological polar surface area (TPSA) is 122 Å². The van der Waals surface area contributed by atoms with Crippen LogP contribution in [0.2, 0.25) is 0 Å². The van der Waals surface area contributed by atoms with Gasteiger partial charge in [-0.15, -0.1) is 0 Å². The van der Waals surface area contributed by atoms with E-state index in [1.807, 2.05) is 84.9 Å². The van der Waals surface area contributed by atoms with Crippen molar-refractivity contribution in [3.8, 4) is 11.1 Å². The molecule has 0 spiro atoms. The van der Waals surface area contributed by atoms with E-state index in [4.69, 9.17) is 5.10 Å².